The van der Waals surface area contributed by atoms with E-state index in [0.29, 0.717) is 30.3 Å². The van der Waals surface area contributed by atoms with E-state index in [0.717, 1.165) is 29.0 Å². The fourth-order valence-electron chi connectivity index (χ4n) is 3.09. The molecule has 0 fully saturated rings. The zero-order valence-electron chi connectivity index (χ0n) is 21.8. The van der Waals surface area contributed by atoms with E-state index in [4.69, 9.17) is 37.5 Å². The molecule has 0 saturated heterocycles. The first-order valence-electron chi connectivity index (χ1n) is 11.4. The Labute approximate surface area is 217 Å². The fraction of sp³-hybridized carbons (Fsp3) is 0.308. The van der Waals surface area contributed by atoms with Crippen LogP contribution in [0.15, 0.2) is 54.6 Å². The number of rotatable bonds is 8. The molecule has 0 aromatic heterocycles. The molecule has 11 nitrogen and oxygen atoms in total. The zero-order chi connectivity index (χ0) is 28.0. The van der Waals surface area contributed by atoms with Crippen LogP contribution in [0.25, 0.3) is 0 Å². The molecule has 0 saturated carbocycles. The average Bonchev–Trinajstić information content (AvgIpc) is 2.86. The van der Waals surface area contributed by atoms with Crippen molar-refractivity contribution in [2.75, 3.05) is 68.4 Å². The number of nitro groups is 1. The molecule has 0 bridgehead atoms. The third kappa shape index (κ3) is 10.5. The van der Waals surface area contributed by atoms with Gasteiger partial charge in [0.1, 0.15) is 11.4 Å². The molecule has 0 amide bonds. The maximum atomic E-state index is 10.3. The third-order valence-electron chi connectivity index (χ3n) is 5.19. The molecule has 0 heterocycles. The number of benzene rings is 3. The lowest BCUT2D eigenvalue weighted by Crippen LogP contribution is -2.30. The van der Waals surface area contributed by atoms with E-state index >= 15 is 0 Å². The summed E-state index contributed by atoms with van der Waals surface area (Å²) in [5.74, 6) is 0.633. The number of aryl methyl sites for hydroxylation is 2. The Bertz CT molecular complexity index is 1130. The lowest BCUT2D eigenvalue weighted by Gasteiger charge is -2.23. The second-order valence-electron chi connectivity index (χ2n) is 8.07. The van der Waals surface area contributed by atoms with Gasteiger partial charge in [-0.3, -0.25) is 10.1 Å². The molecular weight excluding hydrogens is 476 g/mol. The largest absolute Gasteiger partial charge is 0.495 e. The van der Waals surface area contributed by atoms with Crippen molar-refractivity contribution in [1.29, 1.82) is 0 Å². The van der Waals surface area contributed by atoms with E-state index in [9.17, 15) is 10.1 Å². The maximum Gasteiger partial charge on any atom is 0.292 e. The van der Waals surface area contributed by atoms with Crippen LogP contribution >= 0.6 is 0 Å². The zero-order valence-corrected chi connectivity index (χ0v) is 21.8. The highest BCUT2D eigenvalue weighted by Crippen LogP contribution is 2.26. The normalized spacial score (nSPS) is 9.86. The molecule has 11 heteroatoms. The monoisotopic (exact) mass is 514 g/mol. The van der Waals surface area contributed by atoms with Crippen molar-refractivity contribution in [1.82, 2.24) is 0 Å². The van der Waals surface area contributed by atoms with Gasteiger partial charge >= 0.3 is 0 Å². The van der Waals surface area contributed by atoms with Crippen LogP contribution in [0.1, 0.15) is 11.1 Å². The summed E-state index contributed by atoms with van der Waals surface area (Å²) in [6.07, 6.45) is 0. The van der Waals surface area contributed by atoms with Gasteiger partial charge in [0.25, 0.3) is 5.69 Å². The number of anilines is 5. The van der Waals surface area contributed by atoms with Crippen LogP contribution in [0.2, 0.25) is 0 Å². The Morgan fingerprint density at radius 2 is 1.54 bits per heavy atom. The van der Waals surface area contributed by atoms with Crippen LogP contribution in [0, 0.1) is 24.0 Å². The van der Waals surface area contributed by atoms with Crippen LogP contribution in [0.5, 0.6) is 5.75 Å². The SMILES string of the molecule is COCCN(CCO)c1ccc(N)cc1.COc1cc(N)c(C)cc1N.Cc1ccc(N)c([N+](=O)[O-])c1. The number of nitrogens with zero attached hydrogens (tertiary/aromatic N) is 2. The van der Waals surface area contributed by atoms with Crippen LogP contribution in [0.3, 0.4) is 0 Å². The maximum absolute atomic E-state index is 10.3. The highest BCUT2D eigenvalue weighted by Gasteiger charge is 2.09. The van der Waals surface area contributed by atoms with Crippen molar-refractivity contribution in [2.24, 2.45) is 0 Å². The van der Waals surface area contributed by atoms with Gasteiger partial charge in [-0.2, -0.15) is 0 Å². The third-order valence-corrected chi connectivity index (χ3v) is 5.19. The molecule has 0 radical (unpaired) electrons. The summed E-state index contributed by atoms with van der Waals surface area (Å²) in [4.78, 5) is 11.9. The van der Waals surface area contributed by atoms with E-state index in [2.05, 4.69) is 4.90 Å². The number of aliphatic hydroxyl groups excluding tert-OH is 1. The van der Waals surface area contributed by atoms with Gasteiger partial charge in [-0.1, -0.05) is 6.07 Å². The number of methoxy groups -OCH3 is 2. The van der Waals surface area contributed by atoms with E-state index in [1.807, 2.05) is 31.2 Å². The lowest BCUT2D eigenvalue weighted by molar-refractivity contribution is -0.383. The molecular formula is C26H38N6O5. The second kappa shape index (κ2) is 15.7. The van der Waals surface area contributed by atoms with E-state index in [1.165, 1.54) is 12.1 Å². The number of aliphatic hydroxyl groups is 1. The lowest BCUT2D eigenvalue weighted by atomic mass is 10.2. The Balaban J connectivity index is 0.000000283. The quantitative estimate of drug-likeness (QED) is 0.169. The molecule has 37 heavy (non-hydrogen) atoms. The number of nitrogen functional groups attached to an aromatic ring is 4. The van der Waals surface area contributed by atoms with Crippen LogP contribution in [-0.4, -0.2) is 50.6 Å². The van der Waals surface area contributed by atoms with Gasteiger partial charge in [-0.15, -0.1) is 0 Å². The van der Waals surface area contributed by atoms with Gasteiger partial charge in [0.15, 0.2) is 0 Å². The van der Waals surface area contributed by atoms with Gasteiger partial charge in [0.2, 0.25) is 0 Å². The topological polar surface area (TPSA) is 189 Å². The molecule has 3 aromatic rings. The Morgan fingerprint density at radius 3 is 2.05 bits per heavy atom. The minimum Gasteiger partial charge on any atom is -0.495 e. The molecule has 3 aromatic carbocycles. The van der Waals surface area contributed by atoms with E-state index in [-0.39, 0.29) is 18.0 Å². The minimum atomic E-state index is -0.484. The van der Waals surface area contributed by atoms with Crippen LogP contribution in [-0.2, 0) is 4.74 Å². The Hall–Kier alpha value is -4.22. The number of nitrogens with two attached hydrogens (primary N) is 4. The highest BCUT2D eigenvalue weighted by molar-refractivity contribution is 5.63. The molecule has 0 spiro atoms. The summed E-state index contributed by atoms with van der Waals surface area (Å²) in [7, 11) is 3.24. The molecule has 202 valence electrons. The van der Waals surface area contributed by atoms with Gasteiger partial charge in [-0.05, 0) is 61.4 Å². The van der Waals surface area contributed by atoms with Gasteiger partial charge in [-0.25, -0.2) is 0 Å². The van der Waals surface area contributed by atoms with Crippen molar-refractivity contribution in [3.8, 4) is 5.75 Å². The molecule has 0 unspecified atom stereocenters. The van der Waals surface area contributed by atoms with Gasteiger partial charge < -0.3 is 42.4 Å². The number of ether oxygens (including phenoxy) is 2. The summed E-state index contributed by atoms with van der Waals surface area (Å²) < 4.78 is 9.99. The molecule has 0 aliphatic heterocycles. The number of nitro benzene ring substituents is 1. The summed E-state index contributed by atoms with van der Waals surface area (Å²) in [5.41, 5.74) is 27.3. The molecule has 3 rings (SSSR count). The van der Waals surface area contributed by atoms with Crippen molar-refractivity contribution in [3.63, 3.8) is 0 Å². The van der Waals surface area contributed by atoms with Crippen molar-refractivity contribution in [3.05, 3.63) is 75.8 Å². The van der Waals surface area contributed by atoms with Crippen LogP contribution < -0.4 is 32.6 Å². The van der Waals surface area contributed by atoms with Crippen LogP contribution in [0.4, 0.5) is 34.1 Å². The Morgan fingerprint density at radius 1 is 0.892 bits per heavy atom. The minimum absolute atomic E-state index is 0.0231. The fourth-order valence-corrected chi connectivity index (χ4v) is 3.09. The predicted octanol–water partition coefficient (Wildman–Crippen LogP) is 3.37. The first kappa shape index (κ1) is 30.8. The average molecular weight is 515 g/mol. The van der Waals surface area contributed by atoms with Gasteiger partial charge in [0, 0.05) is 49.4 Å². The standard InChI is InChI=1S/C11H18N2O2.C8H12N2O.C7H8N2O2/c1-15-9-7-13(6-8-14)11-4-2-10(12)3-5-11;1-5-3-7(10)8(11-2)4-6(5)9;1-5-2-3-6(8)7(4-5)9(10)11/h2-5,14H,6-9,12H2,1H3;3-4H,9-10H2,1-2H3;2-4H,8H2,1H3. The van der Waals surface area contributed by atoms with Gasteiger partial charge in [0.05, 0.1) is 30.9 Å². The molecule has 0 aliphatic carbocycles. The number of hydrogen-bond donors (Lipinski definition) is 5. The molecule has 0 aliphatic rings. The predicted molar refractivity (Wildman–Crippen MR) is 151 cm³/mol. The summed E-state index contributed by atoms with van der Waals surface area (Å²) in [6.45, 7) is 5.84. The summed E-state index contributed by atoms with van der Waals surface area (Å²) >= 11 is 0. The first-order valence-corrected chi connectivity index (χ1v) is 11.4. The Kier molecular flexibility index (Phi) is 13.1. The summed E-state index contributed by atoms with van der Waals surface area (Å²) in [5, 5.41) is 19.2. The van der Waals surface area contributed by atoms with Crippen molar-refractivity contribution >= 4 is 34.1 Å². The van der Waals surface area contributed by atoms with E-state index < -0.39 is 4.92 Å². The van der Waals surface area contributed by atoms with Crippen molar-refractivity contribution < 1.29 is 19.5 Å². The number of hydrogen-bond acceptors (Lipinski definition) is 10. The first-order chi connectivity index (χ1) is 17.5. The molecule has 0 atom stereocenters. The van der Waals surface area contributed by atoms with E-state index in [1.54, 1.807) is 39.3 Å². The highest BCUT2D eigenvalue weighted by atomic mass is 16.6. The van der Waals surface area contributed by atoms with Crippen molar-refractivity contribution in [2.45, 2.75) is 13.8 Å². The summed E-state index contributed by atoms with van der Waals surface area (Å²) in [6, 6.07) is 15.9. The smallest absolute Gasteiger partial charge is 0.292 e. The molecule has 9 N–H and O–H groups in total. The second-order valence-corrected chi connectivity index (χ2v) is 8.07.